The van der Waals surface area contributed by atoms with Gasteiger partial charge in [-0.05, 0) is 37.5 Å². The molecule has 0 saturated carbocycles. The third kappa shape index (κ3) is 3.11. The summed E-state index contributed by atoms with van der Waals surface area (Å²) in [4.78, 5) is 2.51. The van der Waals surface area contributed by atoms with Crippen LogP contribution in [0.4, 0.5) is 5.69 Å². The van der Waals surface area contributed by atoms with E-state index in [2.05, 4.69) is 43.0 Å². The van der Waals surface area contributed by atoms with Crippen molar-refractivity contribution in [3.05, 3.63) is 29.8 Å². The molecule has 106 valence electrons. The van der Waals surface area contributed by atoms with Crippen molar-refractivity contribution in [1.82, 2.24) is 0 Å². The van der Waals surface area contributed by atoms with Crippen molar-refractivity contribution in [2.45, 2.75) is 52.5 Å². The fourth-order valence-electron chi connectivity index (χ4n) is 3.45. The second-order valence-corrected chi connectivity index (χ2v) is 6.24. The summed E-state index contributed by atoms with van der Waals surface area (Å²) in [5.41, 5.74) is 9.13. The van der Waals surface area contributed by atoms with Gasteiger partial charge in [-0.1, -0.05) is 38.8 Å². The molecule has 0 aromatic heterocycles. The third-order valence-electron chi connectivity index (χ3n) is 4.37. The number of hydrogen-bond acceptors (Lipinski definition) is 2. The summed E-state index contributed by atoms with van der Waals surface area (Å²) in [7, 11) is 0. The lowest BCUT2D eigenvalue weighted by Gasteiger charge is -2.52. The Morgan fingerprint density at radius 1 is 1.21 bits per heavy atom. The molecule has 1 aromatic carbocycles. The van der Waals surface area contributed by atoms with E-state index >= 15 is 0 Å². The summed E-state index contributed by atoms with van der Waals surface area (Å²) >= 11 is 0. The van der Waals surface area contributed by atoms with Crippen molar-refractivity contribution in [1.29, 1.82) is 0 Å². The highest BCUT2D eigenvalue weighted by molar-refractivity contribution is 5.52. The Labute approximate surface area is 118 Å². The molecule has 0 radical (unpaired) electrons. The van der Waals surface area contributed by atoms with Crippen LogP contribution in [0.1, 0.15) is 58.1 Å². The predicted octanol–water partition coefficient (Wildman–Crippen LogP) is 4.11. The molecule has 1 fully saturated rings. The highest BCUT2D eigenvalue weighted by Gasteiger charge is 2.41. The molecule has 1 saturated heterocycles. The van der Waals surface area contributed by atoms with E-state index in [0.717, 1.165) is 0 Å². The molecular weight excluding hydrogens is 232 g/mol. The van der Waals surface area contributed by atoms with Crippen molar-refractivity contribution >= 4 is 5.69 Å². The molecule has 1 aliphatic heterocycles. The van der Waals surface area contributed by atoms with Crippen molar-refractivity contribution < 1.29 is 0 Å². The Morgan fingerprint density at radius 3 is 2.37 bits per heavy atom. The maximum absolute atomic E-state index is 5.97. The Hall–Kier alpha value is -1.02. The van der Waals surface area contributed by atoms with E-state index in [4.69, 9.17) is 5.73 Å². The highest BCUT2D eigenvalue weighted by atomic mass is 15.2. The zero-order valence-corrected chi connectivity index (χ0v) is 12.7. The molecule has 0 amide bonds. The Kier molecular flexibility index (Phi) is 4.51. The fraction of sp³-hybridized carbons (Fsp3) is 0.647. The summed E-state index contributed by atoms with van der Waals surface area (Å²) in [6, 6.07) is 8.85. The van der Waals surface area contributed by atoms with Crippen molar-refractivity contribution in [2.75, 3.05) is 18.0 Å². The van der Waals surface area contributed by atoms with E-state index in [-0.39, 0.29) is 6.04 Å². The lowest BCUT2D eigenvalue weighted by molar-refractivity contribution is 0.173. The van der Waals surface area contributed by atoms with E-state index < -0.39 is 0 Å². The Morgan fingerprint density at radius 2 is 1.84 bits per heavy atom. The minimum atomic E-state index is 0.122. The zero-order chi connectivity index (χ0) is 13.9. The molecule has 1 heterocycles. The SMILES string of the molecule is CCCC1(CCC)CN(c2cccc(C(C)N)c2)C1. The van der Waals surface area contributed by atoms with Gasteiger partial charge in [-0.25, -0.2) is 0 Å². The van der Waals surface area contributed by atoms with E-state index in [1.165, 1.54) is 50.0 Å². The highest BCUT2D eigenvalue weighted by Crippen LogP contribution is 2.42. The molecule has 2 N–H and O–H groups in total. The van der Waals surface area contributed by atoms with Gasteiger partial charge in [-0.15, -0.1) is 0 Å². The van der Waals surface area contributed by atoms with Gasteiger partial charge in [0.1, 0.15) is 0 Å². The molecule has 2 rings (SSSR count). The summed E-state index contributed by atoms with van der Waals surface area (Å²) in [5.74, 6) is 0. The fourth-order valence-corrected chi connectivity index (χ4v) is 3.45. The average Bonchev–Trinajstić information content (AvgIpc) is 2.35. The van der Waals surface area contributed by atoms with E-state index in [1.54, 1.807) is 0 Å². The summed E-state index contributed by atoms with van der Waals surface area (Å²) < 4.78 is 0. The van der Waals surface area contributed by atoms with Crippen LogP contribution in [0.5, 0.6) is 0 Å². The van der Waals surface area contributed by atoms with Crippen LogP contribution in [0.15, 0.2) is 24.3 Å². The second kappa shape index (κ2) is 5.96. The quantitative estimate of drug-likeness (QED) is 0.834. The van der Waals surface area contributed by atoms with Gasteiger partial charge in [-0.3, -0.25) is 0 Å². The number of hydrogen-bond donors (Lipinski definition) is 1. The minimum absolute atomic E-state index is 0.122. The van der Waals surface area contributed by atoms with Crippen LogP contribution in [-0.2, 0) is 0 Å². The number of rotatable bonds is 6. The first-order valence-electron chi connectivity index (χ1n) is 7.71. The van der Waals surface area contributed by atoms with Crippen LogP contribution >= 0.6 is 0 Å². The maximum atomic E-state index is 5.97. The summed E-state index contributed by atoms with van der Waals surface area (Å²) in [6.45, 7) is 9.09. The number of nitrogens with two attached hydrogens (primary N) is 1. The molecule has 0 aliphatic carbocycles. The molecule has 2 heteroatoms. The predicted molar refractivity (Wildman–Crippen MR) is 83.5 cm³/mol. The molecule has 1 atom stereocenters. The van der Waals surface area contributed by atoms with Gasteiger partial charge in [-0.2, -0.15) is 0 Å². The van der Waals surface area contributed by atoms with E-state index in [9.17, 15) is 0 Å². The first-order valence-corrected chi connectivity index (χ1v) is 7.71. The van der Waals surface area contributed by atoms with Gasteiger partial charge in [0, 0.05) is 30.2 Å². The monoisotopic (exact) mass is 260 g/mol. The minimum Gasteiger partial charge on any atom is -0.370 e. The summed E-state index contributed by atoms with van der Waals surface area (Å²) in [5, 5.41) is 0. The largest absolute Gasteiger partial charge is 0.370 e. The smallest absolute Gasteiger partial charge is 0.0369 e. The maximum Gasteiger partial charge on any atom is 0.0369 e. The van der Waals surface area contributed by atoms with Gasteiger partial charge in [0.05, 0.1) is 0 Å². The van der Waals surface area contributed by atoms with E-state index in [1.807, 2.05) is 6.92 Å². The van der Waals surface area contributed by atoms with Gasteiger partial charge in [0.15, 0.2) is 0 Å². The molecule has 1 aliphatic rings. The van der Waals surface area contributed by atoms with Crippen LogP contribution in [0.3, 0.4) is 0 Å². The number of nitrogens with zero attached hydrogens (tertiary/aromatic N) is 1. The van der Waals surface area contributed by atoms with Crippen LogP contribution in [0.25, 0.3) is 0 Å². The lowest BCUT2D eigenvalue weighted by Crippen LogP contribution is -2.56. The van der Waals surface area contributed by atoms with Crippen molar-refractivity contribution in [3.8, 4) is 0 Å². The van der Waals surface area contributed by atoms with Gasteiger partial charge in [0.2, 0.25) is 0 Å². The first kappa shape index (κ1) is 14.4. The topological polar surface area (TPSA) is 29.3 Å². The Balaban J connectivity index is 2.04. The lowest BCUT2D eigenvalue weighted by atomic mass is 9.72. The Bertz CT molecular complexity index is 397. The molecular formula is C17H28N2. The van der Waals surface area contributed by atoms with Crippen molar-refractivity contribution in [3.63, 3.8) is 0 Å². The third-order valence-corrected chi connectivity index (χ3v) is 4.37. The molecule has 2 nitrogen and oxygen atoms in total. The zero-order valence-electron chi connectivity index (χ0n) is 12.7. The van der Waals surface area contributed by atoms with Crippen LogP contribution in [0, 0.1) is 5.41 Å². The van der Waals surface area contributed by atoms with E-state index in [0.29, 0.717) is 5.41 Å². The average molecular weight is 260 g/mol. The van der Waals surface area contributed by atoms with Crippen molar-refractivity contribution in [2.24, 2.45) is 11.1 Å². The normalized spacial score (nSPS) is 19.1. The van der Waals surface area contributed by atoms with Crippen LogP contribution in [0.2, 0.25) is 0 Å². The van der Waals surface area contributed by atoms with Crippen LogP contribution < -0.4 is 10.6 Å². The molecule has 0 spiro atoms. The molecule has 0 bridgehead atoms. The number of benzene rings is 1. The van der Waals surface area contributed by atoms with Gasteiger partial charge in [0.25, 0.3) is 0 Å². The number of anilines is 1. The summed E-state index contributed by atoms with van der Waals surface area (Å²) in [6.07, 6.45) is 5.33. The van der Waals surface area contributed by atoms with Gasteiger partial charge < -0.3 is 10.6 Å². The standard InChI is InChI=1S/C17H28N2/c1-4-9-17(10-5-2)12-19(13-17)16-8-6-7-15(11-16)14(3)18/h6-8,11,14H,4-5,9-10,12-13,18H2,1-3H3. The van der Waals surface area contributed by atoms with Crippen LogP contribution in [-0.4, -0.2) is 13.1 Å². The molecule has 1 unspecified atom stereocenters. The molecule has 1 aromatic rings. The molecule has 19 heavy (non-hydrogen) atoms. The van der Waals surface area contributed by atoms with Gasteiger partial charge >= 0.3 is 0 Å². The first-order chi connectivity index (χ1) is 9.10. The second-order valence-electron chi connectivity index (χ2n) is 6.24.